The second-order valence-corrected chi connectivity index (χ2v) is 7.64. The van der Waals surface area contributed by atoms with E-state index in [1.165, 1.54) is 42.4 Å². The Morgan fingerprint density at radius 2 is 0.875 bits per heavy atom. The standard InChI is InChI=1S/C22H14S2/c1-3-7-15(8-4-1)19-17-11-13-24-22(17)20(16-9-5-2-6-10-16)18-12-14-23-21(18)19/h1-14H. The molecule has 0 saturated carbocycles. The third kappa shape index (κ3) is 2.04. The van der Waals surface area contributed by atoms with Crippen LogP contribution in [0.25, 0.3) is 42.4 Å². The van der Waals surface area contributed by atoms with Crippen molar-refractivity contribution in [3.63, 3.8) is 0 Å². The van der Waals surface area contributed by atoms with Gasteiger partial charge in [0.2, 0.25) is 0 Å². The second-order valence-electron chi connectivity index (χ2n) is 5.81. The lowest BCUT2D eigenvalue weighted by Crippen LogP contribution is -1.84. The van der Waals surface area contributed by atoms with Crippen LogP contribution in [0.4, 0.5) is 0 Å². The Kier molecular flexibility index (Phi) is 3.25. The molecule has 2 heterocycles. The van der Waals surface area contributed by atoms with E-state index in [1.54, 1.807) is 0 Å². The van der Waals surface area contributed by atoms with E-state index in [2.05, 4.69) is 83.6 Å². The van der Waals surface area contributed by atoms with Crippen LogP contribution in [0.15, 0.2) is 83.6 Å². The maximum atomic E-state index is 2.27. The molecule has 2 aromatic heterocycles. The van der Waals surface area contributed by atoms with Crippen LogP contribution in [0.2, 0.25) is 0 Å². The van der Waals surface area contributed by atoms with Crippen LogP contribution in [0.5, 0.6) is 0 Å². The van der Waals surface area contributed by atoms with Gasteiger partial charge in [-0.25, -0.2) is 0 Å². The summed E-state index contributed by atoms with van der Waals surface area (Å²) in [5.41, 5.74) is 5.34. The summed E-state index contributed by atoms with van der Waals surface area (Å²) in [4.78, 5) is 0. The fraction of sp³-hybridized carbons (Fsp3) is 0. The van der Waals surface area contributed by atoms with Gasteiger partial charge in [0.1, 0.15) is 0 Å². The Balaban J connectivity index is 1.97. The molecule has 24 heavy (non-hydrogen) atoms. The molecule has 2 heteroatoms. The maximum absolute atomic E-state index is 2.27. The summed E-state index contributed by atoms with van der Waals surface area (Å²) < 4.78 is 2.76. The van der Waals surface area contributed by atoms with Crippen LogP contribution in [0, 0.1) is 0 Å². The molecule has 0 bridgehead atoms. The molecule has 0 saturated heterocycles. The van der Waals surface area contributed by atoms with Crippen LogP contribution in [0.3, 0.4) is 0 Å². The first-order chi connectivity index (χ1) is 11.9. The summed E-state index contributed by atoms with van der Waals surface area (Å²) >= 11 is 3.68. The summed E-state index contributed by atoms with van der Waals surface area (Å²) in [5.74, 6) is 0. The molecule has 0 amide bonds. The zero-order chi connectivity index (χ0) is 15.9. The van der Waals surface area contributed by atoms with Gasteiger partial charge in [0.05, 0.1) is 0 Å². The monoisotopic (exact) mass is 342 g/mol. The molecule has 5 rings (SSSR count). The van der Waals surface area contributed by atoms with Gasteiger partial charge in [-0.3, -0.25) is 0 Å². The first-order valence-electron chi connectivity index (χ1n) is 7.95. The number of thiophene rings is 2. The van der Waals surface area contributed by atoms with Crippen LogP contribution < -0.4 is 0 Å². The molecule has 3 aromatic carbocycles. The van der Waals surface area contributed by atoms with Crippen LogP contribution in [-0.2, 0) is 0 Å². The van der Waals surface area contributed by atoms with E-state index in [-0.39, 0.29) is 0 Å². The van der Waals surface area contributed by atoms with Gasteiger partial charge in [0, 0.05) is 31.3 Å². The Morgan fingerprint density at radius 1 is 0.458 bits per heavy atom. The van der Waals surface area contributed by atoms with E-state index in [1.807, 2.05) is 22.7 Å². The third-order valence-electron chi connectivity index (χ3n) is 4.45. The molecule has 0 aliphatic rings. The molecule has 0 atom stereocenters. The van der Waals surface area contributed by atoms with Crippen molar-refractivity contribution in [3.8, 4) is 22.3 Å². The van der Waals surface area contributed by atoms with Gasteiger partial charge in [-0.2, -0.15) is 0 Å². The van der Waals surface area contributed by atoms with Crippen molar-refractivity contribution in [3.05, 3.63) is 83.6 Å². The molecule has 0 aliphatic heterocycles. The summed E-state index contributed by atoms with van der Waals surface area (Å²) in [6.07, 6.45) is 0. The van der Waals surface area contributed by atoms with Gasteiger partial charge in [0.25, 0.3) is 0 Å². The van der Waals surface area contributed by atoms with Crippen molar-refractivity contribution in [1.82, 2.24) is 0 Å². The molecular weight excluding hydrogens is 328 g/mol. The lowest BCUT2D eigenvalue weighted by Gasteiger charge is -2.12. The van der Waals surface area contributed by atoms with E-state index < -0.39 is 0 Å². The van der Waals surface area contributed by atoms with Crippen LogP contribution in [-0.4, -0.2) is 0 Å². The molecule has 0 nitrogen and oxygen atoms in total. The van der Waals surface area contributed by atoms with Gasteiger partial charge in [-0.1, -0.05) is 60.7 Å². The van der Waals surface area contributed by atoms with Gasteiger partial charge >= 0.3 is 0 Å². The molecular formula is C22H14S2. The summed E-state index contributed by atoms with van der Waals surface area (Å²) in [5, 5.41) is 7.15. The first kappa shape index (κ1) is 14.0. The van der Waals surface area contributed by atoms with Gasteiger partial charge in [-0.05, 0) is 34.0 Å². The van der Waals surface area contributed by atoms with Gasteiger partial charge in [0.15, 0.2) is 0 Å². The minimum atomic E-state index is 1.30. The summed E-state index contributed by atoms with van der Waals surface area (Å²) in [6.45, 7) is 0. The highest BCUT2D eigenvalue weighted by atomic mass is 32.1. The van der Waals surface area contributed by atoms with Gasteiger partial charge < -0.3 is 0 Å². The highest BCUT2D eigenvalue weighted by Gasteiger charge is 2.17. The Labute approximate surface area is 148 Å². The summed E-state index contributed by atoms with van der Waals surface area (Å²) in [7, 11) is 0. The van der Waals surface area contributed by atoms with E-state index >= 15 is 0 Å². The lowest BCUT2D eigenvalue weighted by atomic mass is 9.94. The second kappa shape index (κ2) is 5.59. The minimum Gasteiger partial charge on any atom is -0.143 e. The van der Waals surface area contributed by atoms with E-state index in [0.29, 0.717) is 0 Å². The highest BCUT2D eigenvalue weighted by Crippen LogP contribution is 2.47. The average molecular weight is 342 g/mol. The van der Waals surface area contributed by atoms with Crippen LogP contribution in [0.1, 0.15) is 0 Å². The Hall–Kier alpha value is -2.42. The molecule has 0 fully saturated rings. The zero-order valence-corrected chi connectivity index (χ0v) is 14.5. The fourth-order valence-corrected chi connectivity index (χ4v) is 5.39. The van der Waals surface area contributed by atoms with Gasteiger partial charge in [-0.15, -0.1) is 22.7 Å². The highest BCUT2D eigenvalue weighted by molar-refractivity contribution is 7.20. The molecule has 0 spiro atoms. The quantitative estimate of drug-likeness (QED) is 0.312. The van der Waals surface area contributed by atoms with Crippen LogP contribution >= 0.6 is 22.7 Å². The van der Waals surface area contributed by atoms with E-state index in [9.17, 15) is 0 Å². The van der Waals surface area contributed by atoms with E-state index in [0.717, 1.165) is 0 Å². The topological polar surface area (TPSA) is 0 Å². The zero-order valence-electron chi connectivity index (χ0n) is 12.9. The predicted molar refractivity (Wildman–Crippen MR) is 108 cm³/mol. The predicted octanol–water partition coefficient (Wildman–Crippen LogP) is 7.45. The minimum absolute atomic E-state index is 1.30. The van der Waals surface area contributed by atoms with Crippen molar-refractivity contribution in [2.45, 2.75) is 0 Å². The van der Waals surface area contributed by atoms with E-state index in [4.69, 9.17) is 0 Å². The van der Waals surface area contributed by atoms with Crippen molar-refractivity contribution in [2.24, 2.45) is 0 Å². The number of hydrogen-bond acceptors (Lipinski definition) is 2. The van der Waals surface area contributed by atoms with Crippen molar-refractivity contribution < 1.29 is 0 Å². The Bertz CT molecular complexity index is 992. The number of rotatable bonds is 2. The Morgan fingerprint density at radius 3 is 1.29 bits per heavy atom. The number of benzene rings is 3. The van der Waals surface area contributed by atoms with Crippen molar-refractivity contribution >= 4 is 42.8 Å². The third-order valence-corrected chi connectivity index (χ3v) is 6.31. The largest absolute Gasteiger partial charge is 0.143 e. The SMILES string of the molecule is c1ccc(-c2c3ccsc3c(-c3ccccc3)c3ccsc23)cc1. The number of hydrogen-bond donors (Lipinski definition) is 0. The molecule has 0 unspecified atom stereocenters. The molecule has 0 aliphatic carbocycles. The normalized spacial score (nSPS) is 11.3. The summed E-state index contributed by atoms with van der Waals surface area (Å²) in [6, 6.07) is 26.1. The maximum Gasteiger partial charge on any atom is 0.0434 e. The molecule has 5 aromatic rings. The first-order valence-corrected chi connectivity index (χ1v) is 9.70. The molecule has 114 valence electrons. The molecule has 0 radical (unpaired) electrons. The number of fused-ring (bicyclic) bond motifs is 2. The molecule has 0 N–H and O–H groups in total. The fourth-order valence-electron chi connectivity index (χ4n) is 3.43. The average Bonchev–Trinajstić information content (AvgIpc) is 3.30. The van der Waals surface area contributed by atoms with Crippen molar-refractivity contribution in [2.75, 3.05) is 0 Å². The lowest BCUT2D eigenvalue weighted by molar-refractivity contribution is 1.68. The van der Waals surface area contributed by atoms with Crippen molar-refractivity contribution in [1.29, 1.82) is 0 Å². The smallest absolute Gasteiger partial charge is 0.0434 e.